The normalized spacial score (nSPS) is 9.30. The highest BCUT2D eigenvalue weighted by Crippen LogP contribution is 1.94. The van der Waals surface area contributed by atoms with E-state index in [1.807, 2.05) is 0 Å². The summed E-state index contributed by atoms with van der Waals surface area (Å²) in [5, 5.41) is 0. The Hall–Kier alpha value is -0.900. The van der Waals surface area contributed by atoms with Crippen LogP contribution in [0.2, 0.25) is 0 Å². The van der Waals surface area contributed by atoms with Gasteiger partial charge < -0.3 is 0 Å². The predicted molar refractivity (Wildman–Crippen MR) is 40.1 cm³/mol. The number of aldehydes is 1. The Kier molecular flexibility index (Phi) is 2.39. The fourth-order valence-corrected chi connectivity index (χ4v) is 0.709. The van der Waals surface area contributed by atoms with E-state index in [2.05, 4.69) is 22.6 Å². The maximum atomic E-state index is 10.2. The molecule has 1 aromatic heterocycles. The second-order valence-electron chi connectivity index (χ2n) is 1.67. The van der Waals surface area contributed by atoms with E-state index in [0.29, 0.717) is 23.6 Å². The molecule has 0 bridgehead atoms. The van der Waals surface area contributed by atoms with Gasteiger partial charge in [0.15, 0.2) is 6.29 Å². The van der Waals surface area contributed by atoms with Crippen LogP contribution >= 0.6 is 12.6 Å². The van der Waals surface area contributed by atoms with Crippen LogP contribution in [0.4, 0.5) is 0 Å². The Balaban J connectivity index is 2.98. The Morgan fingerprint density at radius 1 is 1.70 bits per heavy atom. The van der Waals surface area contributed by atoms with E-state index in [0.717, 1.165) is 0 Å². The minimum absolute atomic E-state index is 0.402. The van der Waals surface area contributed by atoms with E-state index in [4.69, 9.17) is 0 Å². The maximum Gasteiger partial charge on any atom is 0.168 e. The van der Waals surface area contributed by atoms with E-state index >= 15 is 0 Å². The number of hydrogen-bond donors (Lipinski definition) is 1. The van der Waals surface area contributed by atoms with Crippen LogP contribution in [-0.4, -0.2) is 16.3 Å². The minimum Gasteiger partial charge on any atom is -0.296 e. The van der Waals surface area contributed by atoms with E-state index in [1.54, 1.807) is 12.3 Å². The van der Waals surface area contributed by atoms with Crippen molar-refractivity contribution in [3.63, 3.8) is 0 Å². The van der Waals surface area contributed by atoms with Crippen LogP contribution in [0, 0.1) is 0 Å². The summed E-state index contributed by atoms with van der Waals surface area (Å²) in [5.74, 6) is 1.04. The maximum absolute atomic E-state index is 10.2. The summed E-state index contributed by atoms with van der Waals surface area (Å²) in [5.41, 5.74) is 0.402. The topological polar surface area (TPSA) is 42.9 Å². The number of aromatic nitrogens is 2. The first-order valence-corrected chi connectivity index (χ1v) is 3.38. The largest absolute Gasteiger partial charge is 0.296 e. The third-order valence-corrected chi connectivity index (χ3v) is 1.27. The zero-order valence-electron chi connectivity index (χ0n) is 5.19. The van der Waals surface area contributed by atoms with Crippen molar-refractivity contribution in [1.82, 2.24) is 9.97 Å². The molecule has 0 radical (unpaired) electrons. The average Bonchev–Trinajstić information content (AvgIpc) is 2.05. The van der Waals surface area contributed by atoms with Crippen molar-refractivity contribution in [1.29, 1.82) is 0 Å². The van der Waals surface area contributed by atoms with Crippen LogP contribution in [0.1, 0.15) is 16.3 Å². The SMILES string of the molecule is O=Cc1ccnc(CS)n1. The third kappa shape index (κ3) is 1.54. The smallest absolute Gasteiger partial charge is 0.168 e. The summed E-state index contributed by atoms with van der Waals surface area (Å²) in [4.78, 5) is 17.9. The Bertz CT molecular complexity index is 239. The predicted octanol–water partition coefficient (Wildman–Crippen LogP) is 0.719. The highest BCUT2D eigenvalue weighted by atomic mass is 32.1. The highest BCUT2D eigenvalue weighted by Gasteiger charge is 1.93. The molecular weight excluding hydrogens is 148 g/mol. The molecule has 0 fully saturated rings. The fourth-order valence-electron chi connectivity index (χ4n) is 0.557. The first-order valence-electron chi connectivity index (χ1n) is 2.75. The van der Waals surface area contributed by atoms with Gasteiger partial charge in [0.2, 0.25) is 0 Å². The quantitative estimate of drug-likeness (QED) is 0.504. The van der Waals surface area contributed by atoms with E-state index in [1.165, 1.54) is 0 Å². The summed E-state index contributed by atoms with van der Waals surface area (Å²) < 4.78 is 0. The van der Waals surface area contributed by atoms with Crippen molar-refractivity contribution in [2.24, 2.45) is 0 Å². The summed E-state index contributed by atoms with van der Waals surface area (Å²) in [7, 11) is 0. The summed E-state index contributed by atoms with van der Waals surface area (Å²) in [6.45, 7) is 0. The lowest BCUT2D eigenvalue weighted by Gasteiger charge is -1.92. The lowest BCUT2D eigenvalue weighted by molar-refractivity contribution is 0.111. The molecule has 0 spiro atoms. The molecule has 0 atom stereocenters. The van der Waals surface area contributed by atoms with Gasteiger partial charge in [0.05, 0.1) is 5.75 Å². The molecule has 0 saturated heterocycles. The molecule has 10 heavy (non-hydrogen) atoms. The Morgan fingerprint density at radius 3 is 3.10 bits per heavy atom. The van der Waals surface area contributed by atoms with Crippen LogP contribution in [0.3, 0.4) is 0 Å². The molecule has 0 aliphatic rings. The third-order valence-electron chi connectivity index (χ3n) is 0.989. The van der Waals surface area contributed by atoms with Crippen molar-refractivity contribution in [3.05, 3.63) is 23.8 Å². The van der Waals surface area contributed by atoms with E-state index < -0.39 is 0 Å². The molecular formula is C6H6N2OS. The Labute approximate surface area is 63.9 Å². The molecule has 1 rings (SSSR count). The lowest BCUT2D eigenvalue weighted by atomic mass is 10.4. The van der Waals surface area contributed by atoms with Crippen molar-refractivity contribution in [3.8, 4) is 0 Å². The first-order chi connectivity index (χ1) is 4.86. The summed E-state index contributed by atoms with van der Waals surface area (Å²) in [6.07, 6.45) is 2.23. The van der Waals surface area contributed by atoms with Gasteiger partial charge in [0.25, 0.3) is 0 Å². The van der Waals surface area contributed by atoms with Crippen LogP contribution < -0.4 is 0 Å². The highest BCUT2D eigenvalue weighted by molar-refractivity contribution is 7.79. The van der Waals surface area contributed by atoms with Gasteiger partial charge in [-0.2, -0.15) is 12.6 Å². The molecule has 3 nitrogen and oxygen atoms in total. The summed E-state index contributed by atoms with van der Waals surface area (Å²) in [6, 6.07) is 1.56. The monoisotopic (exact) mass is 154 g/mol. The van der Waals surface area contributed by atoms with Crippen LogP contribution in [0.5, 0.6) is 0 Å². The minimum atomic E-state index is 0.402. The fraction of sp³-hybridized carbons (Fsp3) is 0.167. The van der Waals surface area contributed by atoms with Gasteiger partial charge in [-0.05, 0) is 6.07 Å². The van der Waals surface area contributed by atoms with Gasteiger partial charge in [-0.25, -0.2) is 9.97 Å². The molecule has 1 aromatic rings. The van der Waals surface area contributed by atoms with E-state index in [-0.39, 0.29) is 0 Å². The van der Waals surface area contributed by atoms with Crippen molar-refractivity contribution >= 4 is 18.9 Å². The molecule has 0 saturated carbocycles. The molecule has 52 valence electrons. The zero-order chi connectivity index (χ0) is 7.40. The molecule has 0 amide bonds. The average molecular weight is 154 g/mol. The molecule has 0 aliphatic carbocycles. The Morgan fingerprint density at radius 2 is 2.50 bits per heavy atom. The molecule has 0 aromatic carbocycles. The zero-order valence-corrected chi connectivity index (χ0v) is 6.08. The second-order valence-corrected chi connectivity index (χ2v) is 1.99. The van der Waals surface area contributed by atoms with Gasteiger partial charge in [-0.1, -0.05) is 0 Å². The van der Waals surface area contributed by atoms with Gasteiger partial charge in [0.1, 0.15) is 11.5 Å². The number of nitrogens with zero attached hydrogens (tertiary/aromatic N) is 2. The van der Waals surface area contributed by atoms with Crippen molar-refractivity contribution in [2.45, 2.75) is 5.75 Å². The summed E-state index contributed by atoms with van der Waals surface area (Å²) >= 11 is 3.96. The first kappa shape index (κ1) is 7.21. The number of carbonyl (C=O) groups excluding carboxylic acids is 1. The number of hydrogen-bond acceptors (Lipinski definition) is 4. The van der Waals surface area contributed by atoms with Gasteiger partial charge in [-0.3, -0.25) is 4.79 Å². The van der Waals surface area contributed by atoms with Crippen LogP contribution in [0.25, 0.3) is 0 Å². The molecule has 1 heterocycles. The molecule has 0 unspecified atom stereocenters. The molecule has 0 aliphatic heterocycles. The molecule has 0 N–H and O–H groups in total. The standard InChI is InChI=1S/C6H6N2OS/c9-3-5-1-2-7-6(4-10)8-5/h1-3,10H,4H2. The lowest BCUT2D eigenvalue weighted by Crippen LogP contribution is -1.94. The van der Waals surface area contributed by atoms with Crippen molar-refractivity contribution in [2.75, 3.05) is 0 Å². The van der Waals surface area contributed by atoms with Crippen molar-refractivity contribution < 1.29 is 4.79 Å². The van der Waals surface area contributed by atoms with E-state index in [9.17, 15) is 4.79 Å². The second kappa shape index (κ2) is 3.31. The van der Waals surface area contributed by atoms with Gasteiger partial charge in [0, 0.05) is 6.20 Å². The molecule has 4 heteroatoms. The van der Waals surface area contributed by atoms with Gasteiger partial charge in [-0.15, -0.1) is 0 Å². The number of rotatable bonds is 2. The number of thiol groups is 1. The van der Waals surface area contributed by atoms with Gasteiger partial charge >= 0.3 is 0 Å². The van der Waals surface area contributed by atoms with Crippen LogP contribution in [0.15, 0.2) is 12.3 Å². The number of carbonyl (C=O) groups is 1. The van der Waals surface area contributed by atoms with Crippen LogP contribution in [-0.2, 0) is 5.75 Å².